The molecule has 23 heavy (non-hydrogen) atoms. The fourth-order valence-electron chi connectivity index (χ4n) is 3.10. The smallest absolute Gasteiger partial charge is 0.195 e. The van der Waals surface area contributed by atoms with Crippen molar-refractivity contribution in [1.29, 1.82) is 0 Å². The number of aromatic hydroxyl groups is 1. The Kier molecular flexibility index (Phi) is 4.20. The van der Waals surface area contributed by atoms with Crippen LogP contribution in [0.2, 0.25) is 0 Å². The number of aromatic nitrogens is 1. The molecule has 0 atom stereocenters. The predicted molar refractivity (Wildman–Crippen MR) is 93.1 cm³/mol. The first-order valence-electron chi connectivity index (χ1n) is 8.05. The summed E-state index contributed by atoms with van der Waals surface area (Å²) in [4.78, 5) is 13.0. The van der Waals surface area contributed by atoms with Crippen LogP contribution in [0.15, 0.2) is 48.5 Å². The van der Waals surface area contributed by atoms with Crippen molar-refractivity contribution in [2.45, 2.75) is 33.2 Å². The summed E-state index contributed by atoms with van der Waals surface area (Å²) in [5, 5.41) is 10.7. The van der Waals surface area contributed by atoms with Gasteiger partial charge in [0.25, 0.3) is 0 Å². The van der Waals surface area contributed by atoms with Crippen LogP contribution in [0.5, 0.6) is 5.75 Å². The van der Waals surface area contributed by atoms with E-state index < -0.39 is 0 Å². The monoisotopic (exact) mass is 307 g/mol. The van der Waals surface area contributed by atoms with Crippen LogP contribution in [-0.4, -0.2) is 15.5 Å². The molecular weight excluding hydrogens is 286 g/mol. The molecule has 2 aromatic carbocycles. The quantitative estimate of drug-likeness (QED) is 0.695. The van der Waals surface area contributed by atoms with E-state index >= 15 is 0 Å². The fraction of sp³-hybridized carbons (Fsp3) is 0.250. The van der Waals surface area contributed by atoms with Crippen LogP contribution < -0.4 is 0 Å². The second kappa shape index (κ2) is 6.29. The van der Waals surface area contributed by atoms with Crippen LogP contribution in [-0.2, 0) is 6.54 Å². The van der Waals surface area contributed by atoms with Gasteiger partial charge in [-0.2, -0.15) is 0 Å². The van der Waals surface area contributed by atoms with Gasteiger partial charge in [-0.05, 0) is 31.5 Å². The molecule has 0 amide bonds. The third-order valence-electron chi connectivity index (χ3n) is 4.31. The Morgan fingerprint density at radius 2 is 1.87 bits per heavy atom. The summed E-state index contributed by atoms with van der Waals surface area (Å²) in [6.45, 7) is 5.03. The topological polar surface area (TPSA) is 42.2 Å². The molecule has 1 N–H and O–H groups in total. The Bertz CT molecular complexity index is 847. The summed E-state index contributed by atoms with van der Waals surface area (Å²) in [5.41, 5.74) is 3.34. The van der Waals surface area contributed by atoms with Crippen molar-refractivity contribution >= 4 is 16.7 Å². The van der Waals surface area contributed by atoms with Crippen LogP contribution in [0.3, 0.4) is 0 Å². The number of nitrogens with zero attached hydrogens (tertiary/aromatic N) is 1. The van der Waals surface area contributed by atoms with Crippen LogP contribution in [0.25, 0.3) is 10.9 Å². The van der Waals surface area contributed by atoms with E-state index in [1.54, 1.807) is 12.1 Å². The van der Waals surface area contributed by atoms with E-state index in [0.717, 1.165) is 36.0 Å². The van der Waals surface area contributed by atoms with Gasteiger partial charge in [-0.3, -0.25) is 4.79 Å². The van der Waals surface area contributed by atoms with Crippen LogP contribution >= 0.6 is 0 Å². The Morgan fingerprint density at radius 3 is 2.57 bits per heavy atom. The fourth-order valence-corrected chi connectivity index (χ4v) is 3.10. The van der Waals surface area contributed by atoms with E-state index in [0.29, 0.717) is 11.1 Å². The van der Waals surface area contributed by atoms with Crippen LogP contribution in [0.4, 0.5) is 0 Å². The first kappa shape index (κ1) is 15.3. The minimum atomic E-state index is 0.00829. The number of unbranched alkanes of at least 4 members (excludes halogenated alkanes) is 1. The van der Waals surface area contributed by atoms with Gasteiger partial charge < -0.3 is 9.67 Å². The number of carbonyl (C=O) groups excluding carboxylic acids is 1. The Labute approximate surface area is 136 Å². The molecule has 118 valence electrons. The maximum atomic E-state index is 13.0. The second-order valence-electron chi connectivity index (χ2n) is 5.86. The molecular formula is C20H21NO2. The largest absolute Gasteiger partial charge is 0.508 e. The molecule has 1 heterocycles. The average Bonchev–Trinajstić information content (AvgIpc) is 2.84. The van der Waals surface area contributed by atoms with Gasteiger partial charge in [-0.15, -0.1) is 0 Å². The number of hydrogen-bond acceptors (Lipinski definition) is 2. The molecule has 0 saturated heterocycles. The van der Waals surface area contributed by atoms with E-state index in [9.17, 15) is 9.90 Å². The van der Waals surface area contributed by atoms with E-state index in [2.05, 4.69) is 11.5 Å². The maximum absolute atomic E-state index is 13.0. The highest BCUT2D eigenvalue weighted by molar-refractivity contribution is 6.17. The average molecular weight is 307 g/mol. The van der Waals surface area contributed by atoms with Crippen molar-refractivity contribution in [3.8, 4) is 5.75 Å². The normalized spacial score (nSPS) is 11.0. The molecule has 0 aliphatic rings. The summed E-state index contributed by atoms with van der Waals surface area (Å²) in [5.74, 6) is 0.196. The zero-order valence-corrected chi connectivity index (χ0v) is 13.5. The van der Waals surface area contributed by atoms with Gasteiger partial charge >= 0.3 is 0 Å². The number of hydrogen-bond donors (Lipinski definition) is 1. The molecule has 3 nitrogen and oxygen atoms in total. The highest BCUT2D eigenvalue weighted by Crippen LogP contribution is 2.31. The number of rotatable bonds is 5. The van der Waals surface area contributed by atoms with Gasteiger partial charge in [0.05, 0.1) is 5.56 Å². The van der Waals surface area contributed by atoms with Gasteiger partial charge in [0.2, 0.25) is 0 Å². The Balaban J connectivity index is 2.21. The van der Waals surface area contributed by atoms with Gasteiger partial charge in [0, 0.05) is 28.7 Å². The van der Waals surface area contributed by atoms with Gasteiger partial charge in [-0.1, -0.05) is 43.7 Å². The van der Waals surface area contributed by atoms with Crippen molar-refractivity contribution in [1.82, 2.24) is 4.57 Å². The Hall–Kier alpha value is -2.55. The number of carbonyl (C=O) groups is 1. The molecule has 0 aliphatic carbocycles. The molecule has 0 unspecified atom stereocenters. The van der Waals surface area contributed by atoms with Crippen molar-refractivity contribution in [2.75, 3.05) is 0 Å². The highest BCUT2D eigenvalue weighted by atomic mass is 16.3. The molecule has 3 rings (SSSR count). The number of aryl methyl sites for hydroxylation is 1. The number of fused-ring (bicyclic) bond motifs is 1. The molecule has 0 fully saturated rings. The van der Waals surface area contributed by atoms with E-state index in [1.807, 2.05) is 43.3 Å². The summed E-state index contributed by atoms with van der Waals surface area (Å²) >= 11 is 0. The predicted octanol–water partition coefficient (Wildman–Crippen LogP) is 4.69. The van der Waals surface area contributed by atoms with E-state index in [-0.39, 0.29) is 11.5 Å². The lowest BCUT2D eigenvalue weighted by Crippen LogP contribution is -2.05. The van der Waals surface area contributed by atoms with Gasteiger partial charge in [0.1, 0.15) is 5.75 Å². The molecule has 0 spiro atoms. The standard InChI is InChI=1S/C20H21NO2/c1-3-4-12-21-14(2)19(17-13-16(22)10-11-18(17)21)20(23)15-8-6-5-7-9-15/h5-11,13,22H,3-4,12H2,1-2H3. The first-order chi connectivity index (χ1) is 11.1. The molecule has 0 bridgehead atoms. The minimum Gasteiger partial charge on any atom is -0.508 e. The second-order valence-corrected chi connectivity index (χ2v) is 5.86. The van der Waals surface area contributed by atoms with E-state index in [1.165, 1.54) is 0 Å². The number of phenolic OH excluding ortho intramolecular Hbond substituents is 1. The van der Waals surface area contributed by atoms with E-state index in [4.69, 9.17) is 0 Å². The summed E-state index contributed by atoms with van der Waals surface area (Å²) in [7, 11) is 0. The zero-order valence-electron chi connectivity index (χ0n) is 13.5. The molecule has 0 radical (unpaired) electrons. The zero-order chi connectivity index (χ0) is 16.4. The van der Waals surface area contributed by atoms with Crippen molar-refractivity contribution < 1.29 is 9.90 Å². The molecule has 0 aliphatic heterocycles. The third-order valence-corrected chi connectivity index (χ3v) is 4.31. The summed E-state index contributed by atoms with van der Waals surface area (Å²) in [6, 6.07) is 14.6. The third kappa shape index (κ3) is 2.74. The number of benzene rings is 2. The lowest BCUT2D eigenvalue weighted by atomic mass is 10.0. The van der Waals surface area contributed by atoms with Crippen molar-refractivity contribution in [3.63, 3.8) is 0 Å². The van der Waals surface area contributed by atoms with Gasteiger partial charge in [-0.25, -0.2) is 0 Å². The number of phenols is 1. The molecule has 1 aromatic heterocycles. The Morgan fingerprint density at radius 1 is 1.13 bits per heavy atom. The lowest BCUT2D eigenvalue weighted by Gasteiger charge is -2.07. The first-order valence-corrected chi connectivity index (χ1v) is 8.05. The molecule has 0 saturated carbocycles. The SMILES string of the molecule is CCCCn1c(C)c(C(=O)c2ccccc2)c2cc(O)ccc21. The van der Waals surface area contributed by atoms with Crippen molar-refractivity contribution in [2.24, 2.45) is 0 Å². The van der Waals surface area contributed by atoms with Crippen LogP contribution in [0.1, 0.15) is 41.4 Å². The number of ketones is 1. The van der Waals surface area contributed by atoms with Crippen molar-refractivity contribution in [3.05, 3.63) is 65.4 Å². The van der Waals surface area contributed by atoms with Gasteiger partial charge in [0.15, 0.2) is 5.78 Å². The minimum absolute atomic E-state index is 0.00829. The highest BCUT2D eigenvalue weighted by Gasteiger charge is 2.21. The maximum Gasteiger partial charge on any atom is 0.195 e. The summed E-state index contributed by atoms with van der Waals surface area (Å²) < 4.78 is 2.19. The lowest BCUT2D eigenvalue weighted by molar-refractivity contribution is 0.103. The summed E-state index contributed by atoms with van der Waals surface area (Å²) in [6.07, 6.45) is 2.16. The van der Waals surface area contributed by atoms with Crippen LogP contribution in [0, 0.1) is 6.92 Å². The molecule has 3 aromatic rings. The molecule has 3 heteroatoms.